The summed E-state index contributed by atoms with van der Waals surface area (Å²) in [6, 6.07) is 6.02. The first-order valence-electron chi connectivity index (χ1n) is 6.20. The molecule has 0 saturated carbocycles. The van der Waals surface area contributed by atoms with Crippen molar-refractivity contribution in [2.75, 3.05) is 13.1 Å². The van der Waals surface area contributed by atoms with Gasteiger partial charge >= 0.3 is 0 Å². The monoisotopic (exact) mass is 232 g/mol. The highest BCUT2D eigenvalue weighted by Gasteiger charge is 2.22. The Morgan fingerprint density at radius 3 is 2.76 bits per heavy atom. The van der Waals surface area contributed by atoms with Crippen LogP contribution in [-0.2, 0) is 0 Å². The number of carbonyl (C=O) groups excluding carboxylic acids is 1. The van der Waals surface area contributed by atoms with Gasteiger partial charge in [-0.2, -0.15) is 0 Å². The molecule has 1 aromatic rings. The lowest BCUT2D eigenvalue weighted by atomic mass is 10.0. The Balaban J connectivity index is 2.15. The van der Waals surface area contributed by atoms with Crippen molar-refractivity contribution >= 4 is 5.91 Å². The molecule has 2 N–H and O–H groups in total. The van der Waals surface area contributed by atoms with E-state index in [0.29, 0.717) is 6.54 Å². The molecule has 0 aromatic heterocycles. The summed E-state index contributed by atoms with van der Waals surface area (Å²) in [5.74, 6) is 0.114. The average molecular weight is 232 g/mol. The number of benzene rings is 1. The van der Waals surface area contributed by atoms with Gasteiger partial charge in [0, 0.05) is 24.7 Å². The van der Waals surface area contributed by atoms with Gasteiger partial charge in [0.05, 0.1) is 0 Å². The fourth-order valence-corrected chi connectivity index (χ4v) is 2.25. The molecule has 1 amide bonds. The molecule has 3 heteroatoms. The number of hydrogen-bond donors (Lipinski definition) is 1. The minimum absolute atomic E-state index is 0.114. The summed E-state index contributed by atoms with van der Waals surface area (Å²) in [6.07, 6.45) is 2.04. The van der Waals surface area contributed by atoms with Gasteiger partial charge in [-0.25, -0.2) is 0 Å². The number of carbonyl (C=O) groups is 1. The Labute approximate surface area is 103 Å². The molecule has 1 heterocycles. The van der Waals surface area contributed by atoms with E-state index >= 15 is 0 Å². The Morgan fingerprint density at radius 1 is 1.35 bits per heavy atom. The Morgan fingerprint density at radius 2 is 2.12 bits per heavy atom. The minimum atomic E-state index is 0.114. The third kappa shape index (κ3) is 2.67. The smallest absolute Gasteiger partial charge is 0.253 e. The van der Waals surface area contributed by atoms with Crippen LogP contribution in [0.25, 0.3) is 0 Å². The summed E-state index contributed by atoms with van der Waals surface area (Å²) < 4.78 is 0. The highest BCUT2D eigenvalue weighted by Crippen LogP contribution is 2.15. The molecule has 1 aliphatic rings. The largest absolute Gasteiger partial charge is 0.337 e. The molecule has 1 saturated heterocycles. The van der Waals surface area contributed by atoms with Crippen molar-refractivity contribution in [1.29, 1.82) is 0 Å². The maximum absolute atomic E-state index is 12.3. The molecule has 1 aromatic carbocycles. The number of hydrogen-bond acceptors (Lipinski definition) is 2. The molecule has 1 atom stereocenters. The van der Waals surface area contributed by atoms with Crippen LogP contribution in [0.3, 0.4) is 0 Å². The Kier molecular flexibility index (Phi) is 3.48. The van der Waals surface area contributed by atoms with Crippen LogP contribution >= 0.6 is 0 Å². The van der Waals surface area contributed by atoms with Crippen LogP contribution in [0.2, 0.25) is 0 Å². The summed E-state index contributed by atoms with van der Waals surface area (Å²) in [7, 11) is 0. The van der Waals surface area contributed by atoms with Gasteiger partial charge in [-0.05, 0) is 49.9 Å². The van der Waals surface area contributed by atoms with E-state index in [1.54, 1.807) is 0 Å². The van der Waals surface area contributed by atoms with Crippen LogP contribution in [0, 0.1) is 13.8 Å². The van der Waals surface area contributed by atoms with Gasteiger partial charge in [0.1, 0.15) is 0 Å². The van der Waals surface area contributed by atoms with E-state index in [9.17, 15) is 4.79 Å². The SMILES string of the molecule is Cc1ccc(C(=O)N2CCCC(N)C2)cc1C. The summed E-state index contributed by atoms with van der Waals surface area (Å²) >= 11 is 0. The molecule has 2 rings (SSSR count). The third-order valence-corrected chi connectivity index (χ3v) is 3.50. The number of nitrogens with two attached hydrogens (primary N) is 1. The van der Waals surface area contributed by atoms with E-state index in [1.165, 1.54) is 5.56 Å². The fourth-order valence-electron chi connectivity index (χ4n) is 2.25. The van der Waals surface area contributed by atoms with Crippen LogP contribution in [0.4, 0.5) is 0 Å². The Hall–Kier alpha value is -1.35. The number of nitrogens with zero attached hydrogens (tertiary/aromatic N) is 1. The van der Waals surface area contributed by atoms with E-state index in [1.807, 2.05) is 30.0 Å². The van der Waals surface area contributed by atoms with Gasteiger partial charge in [0.15, 0.2) is 0 Å². The van der Waals surface area contributed by atoms with Gasteiger partial charge in [0.25, 0.3) is 5.91 Å². The summed E-state index contributed by atoms with van der Waals surface area (Å²) in [4.78, 5) is 14.2. The molecule has 0 aliphatic carbocycles. The molecule has 3 nitrogen and oxygen atoms in total. The third-order valence-electron chi connectivity index (χ3n) is 3.50. The van der Waals surface area contributed by atoms with E-state index in [4.69, 9.17) is 5.73 Å². The molecule has 1 unspecified atom stereocenters. The lowest BCUT2D eigenvalue weighted by molar-refractivity contribution is 0.0708. The second-order valence-corrected chi connectivity index (χ2v) is 4.95. The summed E-state index contributed by atoms with van der Waals surface area (Å²) in [5.41, 5.74) is 9.06. The lowest BCUT2D eigenvalue weighted by Crippen LogP contribution is -2.45. The number of amides is 1. The molecule has 0 spiro atoms. The normalized spacial score (nSPS) is 20.4. The first-order valence-corrected chi connectivity index (χ1v) is 6.20. The highest BCUT2D eigenvalue weighted by molar-refractivity contribution is 5.94. The first kappa shape index (κ1) is 12.1. The molecular weight excluding hydrogens is 212 g/mol. The van der Waals surface area contributed by atoms with Crippen molar-refractivity contribution in [2.24, 2.45) is 5.73 Å². The van der Waals surface area contributed by atoms with Crippen molar-refractivity contribution in [2.45, 2.75) is 32.7 Å². The lowest BCUT2D eigenvalue weighted by Gasteiger charge is -2.31. The zero-order chi connectivity index (χ0) is 12.4. The van der Waals surface area contributed by atoms with Crippen molar-refractivity contribution in [3.63, 3.8) is 0 Å². The van der Waals surface area contributed by atoms with Crippen LogP contribution in [0.5, 0.6) is 0 Å². The Bertz CT molecular complexity index is 428. The van der Waals surface area contributed by atoms with E-state index in [-0.39, 0.29) is 11.9 Å². The number of piperidine rings is 1. The van der Waals surface area contributed by atoms with Crippen molar-refractivity contribution in [3.05, 3.63) is 34.9 Å². The second kappa shape index (κ2) is 4.88. The zero-order valence-corrected chi connectivity index (χ0v) is 10.6. The maximum Gasteiger partial charge on any atom is 0.253 e. The number of likely N-dealkylation sites (tertiary alicyclic amines) is 1. The standard InChI is InChI=1S/C14H20N2O/c1-10-5-6-12(8-11(10)2)14(17)16-7-3-4-13(15)9-16/h5-6,8,13H,3-4,7,9,15H2,1-2H3. The van der Waals surface area contributed by atoms with Gasteiger partial charge in [0.2, 0.25) is 0 Å². The molecular formula is C14H20N2O. The van der Waals surface area contributed by atoms with Gasteiger partial charge in [-0.1, -0.05) is 6.07 Å². The van der Waals surface area contributed by atoms with E-state index in [0.717, 1.165) is 30.5 Å². The minimum Gasteiger partial charge on any atom is -0.337 e. The van der Waals surface area contributed by atoms with Gasteiger partial charge in [-0.3, -0.25) is 4.79 Å². The van der Waals surface area contributed by atoms with Crippen molar-refractivity contribution < 1.29 is 4.79 Å². The zero-order valence-electron chi connectivity index (χ0n) is 10.6. The number of rotatable bonds is 1. The average Bonchev–Trinajstić information content (AvgIpc) is 2.32. The highest BCUT2D eigenvalue weighted by atomic mass is 16.2. The summed E-state index contributed by atoms with van der Waals surface area (Å²) in [6.45, 7) is 5.61. The molecule has 0 radical (unpaired) electrons. The molecule has 17 heavy (non-hydrogen) atoms. The predicted molar refractivity (Wildman–Crippen MR) is 69.0 cm³/mol. The maximum atomic E-state index is 12.3. The molecule has 1 aliphatic heterocycles. The first-order chi connectivity index (χ1) is 8.08. The van der Waals surface area contributed by atoms with E-state index < -0.39 is 0 Å². The quantitative estimate of drug-likeness (QED) is 0.803. The van der Waals surface area contributed by atoms with Gasteiger partial charge in [-0.15, -0.1) is 0 Å². The van der Waals surface area contributed by atoms with Crippen LogP contribution in [-0.4, -0.2) is 29.9 Å². The molecule has 1 fully saturated rings. The molecule has 0 bridgehead atoms. The van der Waals surface area contributed by atoms with Crippen LogP contribution < -0.4 is 5.73 Å². The van der Waals surface area contributed by atoms with Crippen LogP contribution in [0.1, 0.15) is 34.3 Å². The van der Waals surface area contributed by atoms with E-state index in [2.05, 4.69) is 6.92 Å². The topological polar surface area (TPSA) is 46.3 Å². The summed E-state index contributed by atoms with van der Waals surface area (Å²) in [5, 5.41) is 0. The van der Waals surface area contributed by atoms with Crippen molar-refractivity contribution in [3.8, 4) is 0 Å². The molecule has 92 valence electrons. The van der Waals surface area contributed by atoms with Crippen LogP contribution in [0.15, 0.2) is 18.2 Å². The fraction of sp³-hybridized carbons (Fsp3) is 0.500. The number of aryl methyl sites for hydroxylation is 2. The predicted octanol–water partition coefficient (Wildman–Crippen LogP) is 1.87. The van der Waals surface area contributed by atoms with Gasteiger partial charge < -0.3 is 10.6 Å². The second-order valence-electron chi connectivity index (χ2n) is 4.95. The van der Waals surface area contributed by atoms with Crippen molar-refractivity contribution in [1.82, 2.24) is 4.90 Å².